The van der Waals surface area contributed by atoms with Gasteiger partial charge in [0.15, 0.2) is 0 Å². The molecule has 23 heteroatoms. The number of hydrogen-bond acceptors (Lipinski definition) is 11. The summed E-state index contributed by atoms with van der Waals surface area (Å²) in [5, 5.41) is 46.1. The maximum atomic E-state index is 14.2. The Morgan fingerprint density at radius 3 is 1.71 bits per heavy atom. The van der Waals surface area contributed by atoms with Crippen LogP contribution in [0.4, 0.5) is 5.69 Å². The van der Waals surface area contributed by atoms with Crippen LogP contribution < -0.4 is 42.3 Å². The van der Waals surface area contributed by atoms with Crippen molar-refractivity contribution >= 4 is 65.9 Å². The molecule has 1 unspecified atom stereocenters. The van der Waals surface area contributed by atoms with E-state index in [1.807, 2.05) is 0 Å². The lowest BCUT2D eigenvalue weighted by Gasteiger charge is -2.27. The number of aromatic hydroxyl groups is 1. The molecule has 0 aliphatic heterocycles. The van der Waals surface area contributed by atoms with E-state index in [0.29, 0.717) is 16.8 Å². The number of aliphatic carboxylic acids is 2. The van der Waals surface area contributed by atoms with Gasteiger partial charge in [-0.25, -0.2) is 4.98 Å². The van der Waals surface area contributed by atoms with Gasteiger partial charge >= 0.3 is 19.5 Å². The maximum absolute atomic E-state index is 14.2. The fourth-order valence-electron chi connectivity index (χ4n) is 6.81. The number of anilines is 1. The van der Waals surface area contributed by atoms with E-state index in [-0.39, 0.29) is 41.6 Å². The van der Waals surface area contributed by atoms with Crippen molar-refractivity contribution < 1.29 is 63.1 Å². The quantitative estimate of drug-likeness (QED) is 0.0362. The van der Waals surface area contributed by atoms with Crippen molar-refractivity contribution in [3.8, 4) is 5.75 Å². The van der Waals surface area contributed by atoms with Crippen molar-refractivity contribution in [3.05, 3.63) is 144 Å². The van der Waals surface area contributed by atoms with Crippen LogP contribution in [0.5, 0.6) is 5.75 Å². The second kappa shape index (κ2) is 25.1. The number of phenolic OH excluding ortho intramolecular Hbond substituents is 1. The molecule has 368 valence electrons. The van der Waals surface area contributed by atoms with E-state index in [0.717, 1.165) is 0 Å². The third-order valence-corrected chi connectivity index (χ3v) is 12.1. The average molecular weight is 982 g/mol. The summed E-state index contributed by atoms with van der Waals surface area (Å²) in [6.45, 7) is 0.577. The fraction of sp³-hybridized carbons (Fsp3) is 0.255. The zero-order valence-electron chi connectivity index (χ0n) is 37.5. The van der Waals surface area contributed by atoms with E-state index in [1.54, 1.807) is 48.5 Å². The molecule has 0 saturated heterocycles. The Bertz CT molecular complexity index is 2660. The number of H-pyrrole nitrogens is 1. The Hall–Kier alpha value is -8.36. The van der Waals surface area contributed by atoms with Gasteiger partial charge in [0.05, 0.1) is 11.6 Å². The highest BCUT2D eigenvalue weighted by Crippen LogP contribution is 2.39. The Morgan fingerprint density at radius 1 is 0.614 bits per heavy atom. The minimum absolute atomic E-state index is 0.0841. The highest BCUT2D eigenvalue weighted by atomic mass is 31.2. The highest BCUT2D eigenvalue weighted by Gasteiger charge is 2.33. The number of phenols is 1. The normalized spacial score (nSPS) is 13.9. The lowest BCUT2D eigenvalue weighted by molar-refractivity contribution is -0.138. The lowest BCUT2D eigenvalue weighted by Crippen LogP contribution is -2.60. The molecule has 0 aliphatic carbocycles. The molecule has 6 amide bonds. The number of aromatic amines is 1. The standard InChI is InChI=1S/C47H52N9O13P/c1-28(51-43(63)31-14-16-32(17-15-31)56-70(68,69)35-10-6-3-7-11-35)42(62)53-39(24-33-25-48-27-50-33)47(67)55-38(22-29-8-4-2-5-9-29)46(66)52-36(20-21-40(58)59)45(65)54-37(44(64)49-26-41(60)61)23-30-12-18-34(57)19-13-30/h2-19,25,27-28,36-39,57H,20-24,26H2,1H3,(H,48,50)(H,49,64)(H,51,63)(H,52,66)(H,53,62)(H,54,65)(H,55,67)(H,58,59)(H,60,61)(H2,56,68,69)/t28-,36-,37-,38-,39-/m0/s1. The molecule has 70 heavy (non-hydrogen) atoms. The van der Waals surface area contributed by atoms with Gasteiger partial charge < -0.3 is 62.2 Å². The number of nitrogens with zero attached hydrogens (tertiary/aromatic N) is 1. The SMILES string of the molecule is C[C@H](NC(=O)c1ccc(NP(=O)(O)c2ccccc2)cc1)C(=O)N[C@@H](Cc1cnc[nH]1)C(=O)N[C@@H](Cc1ccccc1)C(=O)N[C@@H](CCC(=O)O)C(=O)N[C@@H](Cc1ccc(O)cc1)C(=O)NCC(=O)O. The summed E-state index contributed by atoms with van der Waals surface area (Å²) in [4.78, 5) is 123. The topological polar surface area (TPSA) is 347 Å². The maximum Gasteiger partial charge on any atom is 0.322 e. The number of carboxylic acids is 2. The first-order chi connectivity index (χ1) is 33.4. The molecule has 0 aliphatic rings. The predicted molar refractivity (Wildman–Crippen MR) is 252 cm³/mol. The molecule has 6 atom stereocenters. The highest BCUT2D eigenvalue weighted by molar-refractivity contribution is 7.67. The van der Waals surface area contributed by atoms with Crippen LogP contribution in [0, 0.1) is 0 Å². The van der Waals surface area contributed by atoms with Gasteiger partial charge in [-0.15, -0.1) is 0 Å². The van der Waals surface area contributed by atoms with E-state index in [4.69, 9.17) is 5.11 Å². The number of imidazole rings is 1. The van der Waals surface area contributed by atoms with Crippen LogP contribution in [0.3, 0.4) is 0 Å². The molecule has 1 aromatic heterocycles. The molecule has 5 aromatic rings. The first kappa shape index (κ1) is 52.6. The molecule has 5 rings (SSSR count). The number of amides is 6. The summed E-state index contributed by atoms with van der Waals surface area (Å²) in [7, 11) is -3.99. The molecule has 22 nitrogen and oxygen atoms in total. The molecular weight excluding hydrogens is 930 g/mol. The molecule has 0 radical (unpaired) electrons. The van der Waals surface area contributed by atoms with Crippen molar-refractivity contribution in [2.75, 3.05) is 11.6 Å². The smallest absolute Gasteiger partial charge is 0.322 e. The number of aromatic nitrogens is 2. The van der Waals surface area contributed by atoms with Gasteiger partial charge in [-0.3, -0.25) is 42.9 Å². The third kappa shape index (κ3) is 16.5. The van der Waals surface area contributed by atoms with Crippen LogP contribution in [0.15, 0.2) is 122 Å². The van der Waals surface area contributed by atoms with E-state index in [2.05, 4.69) is 47.0 Å². The zero-order valence-corrected chi connectivity index (χ0v) is 38.4. The third-order valence-electron chi connectivity index (χ3n) is 10.5. The summed E-state index contributed by atoms with van der Waals surface area (Å²) < 4.78 is 12.9. The molecule has 0 saturated carbocycles. The number of benzene rings is 4. The summed E-state index contributed by atoms with van der Waals surface area (Å²) in [5.41, 5.74) is 1.74. The van der Waals surface area contributed by atoms with Crippen LogP contribution in [-0.2, 0) is 57.4 Å². The minimum Gasteiger partial charge on any atom is -0.508 e. The minimum atomic E-state index is -3.99. The van der Waals surface area contributed by atoms with Crippen molar-refractivity contribution in [1.82, 2.24) is 41.9 Å². The number of carbonyl (C=O) groups is 8. The summed E-state index contributed by atoms with van der Waals surface area (Å²) in [5.74, 6) is -8.04. The second-order valence-electron chi connectivity index (χ2n) is 15.9. The molecule has 4 aromatic carbocycles. The van der Waals surface area contributed by atoms with Gasteiger partial charge in [0.25, 0.3) is 5.91 Å². The van der Waals surface area contributed by atoms with Gasteiger partial charge in [0, 0.05) is 48.8 Å². The van der Waals surface area contributed by atoms with E-state index in [9.17, 15) is 58.0 Å². The molecule has 1 heterocycles. The molecule has 0 fully saturated rings. The molecule has 0 bridgehead atoms. The van der Waals surface area contributed by atoms with E-state index >= 15 is 0 Å². The van der Waals surface area contributed by atoms with Crippen LogP contribution >= 0.6 is 7.52 Å². The number of rotatable bonds is 25. The Labute approximate surface area is 400 Å². The zero-order chi connectivity index (χ0) is 50.8. The van der Waals surface area contributed by atoms with Crippen molar-refractivity contribution in [3.63, 3.8) is 0 Å². The van der Waals surface area contributed by atoms with Crippen LogP contribution in [0.1, 0.15) is 46.9 Å². The average Bonchev–Trinajstić information content (AvgIpc) is 3.85. The van der Waals surface area contributed by atoms with Gasteiger partial charge in [-0.2, -0.15) is 0 Å². The number of hydrogen-bond donors (Lipinski definition) is 12. The van der Waals surface area contributed by atoms with E-state index < -0.39 is 104 Å². The first-order valence-electron chi connectivity index (χ1n) is 21.7. The van der Waals surface area contributed by atoms with Gasteiger partial charge in [-0.05, 0) is 73.0 Å². The lowest BCUT2D eigenvalue weighted by atomic mass is 10.0. The van der Waals surface area contributed by atoms with Gasteiger partial charge in [0.1, 0.15) is 42.5 Å². The fourth-order valence-corrected chi connectivity index (χ4v) is 8.01. The summed E-state index contributed by atoms with van der Waals surface area (Å²) in [6, 6.07) is 20.4. The van der Waals surface area contributed by atoms with E-state index in [1.165, 1.54) is 80.1 Å². The Morgan fingerprint density at radius 2 is 1.14 bits per heavy atom. The first-order valence-corrected chi connectivity index (χ1v) is 23.3. The van der Waals surface area contributed by atoms with Crippen molar-refractivity contribution in [2.45, 2.75) is 69.2 Å². The number of carboxylic acid groups (broad SMARTS) is 2. The number of carbonyl (C=O) groups excluding carboxylic acids is 6. The van der Waals surface area contributed by atoms with Crippen molar-refractivity contribution in [1.29, 1.82) is 0 Å². The number of nitrogens with one attached hydrogen (secondary N) is 8. The van der Waals surface area contributed by atoms with Crippen LogP contribution in [0.25, 0.3) is 0 Å². The largest absolute Gasteiger partial charge is 0.508 e. The van der Waals surface area contributed by atoms with Gasteiger partial charge in [0.2, 0.25) is 29.5 Å². The van der Waals surface area contributed by atoms with Gasteiger partial charge in [-0.1, -0.05) is 60.7 Å². The Balaban J connectivity index is 1.32. The predicted octanol–water partition coefficient (Wildman–Crippen LogP) is 0.889. The molecular formula is C47H52N9O13P. The second-order valence-corrected chi connectivity index (χ2v) is 17.8. The van der Waals surface area contributed by atoms with Crippen LogP contribution in [0.2, 0.25) is 0 Å². The monoisotopic (exact) mass is 981 g/mol. The summed E-state index contributed by atoms with van der Waals surface area (Å²) >= 11 is 0. The Kier molecular flexibility index (Phi) is 18.9. The molecule has 12 N–H and O–H groups in total. The van der Waals surface area contributed by atoms with Crippen LogP contribution in [-0.4, -0.2) is 114 Å². The summed E-state index contributed by atoms with van der Waals surface area (Å²) in [6.07, 6.45) is 1.09. The molecule has 0 spiro atoms. The van der Waals surface area contributed by atoms with Crippen molar-refractivity contribution in [2.24, 2.45) is 0 Å².